The van der Waals surface area contributed by atoms with Gasteiger partial charge in [0.2, 0.25) is 0 Å². The highest BCUT2D eigenvalue weighted by atomic mass is 16.5. The lowest BCUT2D eigenvalue weighted by molar-refractivity contribution is 0.0297. The monoisotopic (exact) mass is 429 g/mol. The summed E-state index contributed by atoms with van der Waals surface area (Å²) in [6, 6.07) is 14.0. The average Bonchev–Trinajstić information content (AvgIpc) is 2.76. The molecule has 3 unspecified atom stereocenters. The van der Waals surface area contributed by atoms with Crippen LogP contribution in [0.1, 0.15) is 26.7 Å². The van der Waals surface area contributed by atoms with Gasteiger partial charge in [0.25, 0.3) is 0 Å². The van der Waals surface area contributed by atoms with Crippen LogP contribution in [0.3, 0.4) is 0 Å². The molecule has 1 aliphatic rings. The van der Waals surface area contributed by atoms with Crippen molar-refractivity contribution in [2.75, 3.05) is 38.2 Å². The number of aliphatic hydroxyl groups excluding tert-OH is 1. The summed E-state index contributed by atoms with van der Waals surface area (Å²) in [5.74, 6) is 0. The molecule has 5 N–H and O–H groups in total. The summed E-state index contributed by atoms with van der Waals surface area (Å²) in [5, 5.41) is 24.0. The molecule has 0 radical (unpaired) electrons. The van der Waals surface area contributed by atoms with Crippen molar-refractivity contribution < 1.29 is 14.6 Å². The summed E-state index contributed by atoms with van der Waals surface area (Å²) in [4.78, 5) is 15.0. The van der Waals surface area contributed by atoms with Gasteiger partial charge in [0.15, 0.2) is 0 Å². The fourth-order valence-electron chi connectivity index (χ4n) is 3.99. The number of nitrogens with zero attached hydrogens (tertiary/aromatic N) is 1. The summed E-state index contributed by atoms with van der Waals surface area (Å²) in [6.07, 6.45) is 1.71. The van der Waals surface area contributed by atoms with E-state index < -0.39 is 0 Å². The first kappa shape index (κ1) is 23.4. The minimum atomic E-state index is -0.278. The van der Waals surface area contributed by atoms with Crippen LogP contribution < -0.4 is 21.3 Å². The molecule has 1 saturated heterocycles. The van der Waals surface area contributed by atoms with Crippen molar-refractivity contribution in [3.8, 4) is 0 Å². The van der Waals surface area contributed by atoms with Gasteiger partial charge in [-0.25, -0.2) is 4.79 Å². The Morgan fingerprint density at radius 2 is 2.03 bits per heavy atom. The number of carbonyl (C=O) groups excluding carboxylic acids is 1. The molecule has 0 bridgehead atoms. The Morgan fingerprint density at radius 3 is 2.81 bits per heavy atom. The standard InChI is InChI=1S/C23H35N5O3/c1-3-11-28-17(2)15-21(24-10-13-31-14-12-29)26-22(28)27-23(30)25-20-9-8-18-6-4-5-7-19(18)16-20/h4-9,16-17,21-22,24,26,29H,3,10-15H2,1-2H3,(H2,25,27,30). The number of amides is 2. The summed E-state index contributed by atoms with van der Waals surface area (Å²) in [6.45, 7) is 6.80. The summed E-state index contributed by atoms with van der Waals surface area (Å²) < 4.78 is 5.32. The zero-order valence-corrected chi connectivity index (χ0v) is 18.4. The molecule has 1 aliphatic heterocycles. The van der Waals surface area contributed by atoms with E-state index in [2.05, 4.69) is 46.1 Å². The number of fused-ring (bicyclic) bond motifs is 1. The quantitative estimate of drug-likeness (QED) is 0.372. The Hall–Kier alpha value is -2.23. The minimum absolute atomic E-state index is 0.0308. The van der Waals surface area contributed by atoms with Crippen molar-refractivity contribution in [1.29, 1.82) is 0 Å². The molecule has 0 aliphatic carbocycles. The molecule has 2 aromatic carbocycles. The van der Waals surface area contributed by atoms with Crippen LogP contribution in [0.2, 0.25) is 0 Å². The van der Waals surface area contributed by atoms with E-state index in [-0.39, 0.29) is 25.1 Å². The summed E-state index contributed by atoms with van der Waals surface area (Å²) in [7, 11) is 0. The van der Waals surface area contributed by atoms with Gasteiger partial charge in [-0.1, -0.05) is 37.3 Å². The molecular weight excluding hydrogens is 394 g/mol. The number of carbonyl (C=O) groups is 1. The molecule has 1 fully saturated rings. The van der Waals surface area contributed by atoms with E-state index in [0.717, 1.165) is 35.8 Å². The fraction of sp³-hybridized carbons (Fsp3) is 0.522. The van der Waals surface area contributed by atoms with Crippen molar-refractivity contribution in [2.45, 2.75) is 45.2 Å². The normalized spacial score (nSPS) is 21.8. The van der Waals surface area contributed by atoms with Crippen molar-refractivity contribution in [2.24, 2.45) is 0 Å². The highest BCUT2D eigenvalue weighted by Gasteiger charge is 2.32. The molecule has 2 aromatic rings. The van der Waals surface area contributed by atoms with E-state index in [1.807, 2.05) is 36.4 Å². The number of rotatable bonds is 10. The number of aliphatic hydroxyl groups is 1. The van der Waals surface area contributed by atoms with Gasteiger partial charge in [0.05, 0.1) is 26.0 Å². The van der Waals surface area contributed by atoms with Gasteiger partial charge in [0.1, 0.15) is 6.29 Å². The molecule has 3 rings (SSSR count). The first-order valence-electron chi connectivity index (χ1n) is 11.1. The largest absolute Gasteiger partial charge is 0.394 e. The first-order valence-corrected chi connectivity index (χ1v) is 11.1. The van der Waals surface area contributed by atoms with Gasteiger partial charge in [-0.2, -0.15) is 0 Å². The maximum atomic E-state index is 12.8. The lowest BCUT2D eigenvalue weighted by Gasteiger charge is -2.45. The number of benzene rings is 2. The smallest absolute Gasteiger partial charge is 0.321 e. The van der Waals surface area contributed by atoms with Gasteiger partial charge in [0, 0.05) is 24.8 Å². The maximum absolute atomic E-state index is 12.8. The Balaban J connectivity index is 1.58. The Bertz CT molecular complexity index is 834. The van der Waals surface area contributed by atoms with Gasteiger partial charge in [-0.3, -0.25) is 15.5 Å². The molecular formula is C23H35N5O3. The third-order valence-electron chi connectivity index (χ3n) is 5.46. The minimum Gasteiger partial charge on any atom is -0.394 e. The van der Waals surface area contributed by atoms with E-state index in [9.17, 15) is 4.79 Å². The van der Waals surface area contributed by atoms with E-state index in [0.29, 0.717) is 25.8 Å². The summed E-state index contributed by atoms with van der Waals surface area (Å²) in [5.41, 5.74) is 0.762. The van der Waals surface area contributed by atoms with E-state index in [1.54, 1.807) is 0 Å². The van der Waals surface area contributed by atoms with Crippen LogP contribution in [0.15, 0.2) is 42.5 Å². The topological polar surface area (TPSA) is 97.9 Å². The second-order valence-corrected chi connectivity index (χ2v) is 7.89. The second kappa shape index (κ2) is 12.0. The highest BCUT2D eigenvalue weighted by molar-refractivity contribution is 5.93. The van der Waals surface area contributed by atoms with Gasteiger partial charge >= 0.3 is 6.03 Å². The molecule has 0 saturated carbocycles. The molecule has 0 spiro atoms. The van der Waals surface area contributed by atoms with Crippen LogP contribution in [0.4, 0.5) is 10.5 Å². The van der Waals surface area contributed by atoms with Crippen LogP contribution in [0, 0.1) is 0 Å². The Kier molecular flexibility index (Phi) is 9.05. The van der Waals surface area contributed by atoms with Crippen LogP contribution >= 0.6 is 0 Å². The number of nitrogens with one attached hydrogen (secondary N) is 4. The van der Waals surface area contributed by atoms with E-state index >= 15 is 0 Å². The lowest BCUT2D eigenvalue weighted by atomic mass is 10.1. The Labute approximate surface area is 184 Å². The van der Waals surface area contributed by atoms with Crippen molar-refractivity contribution >= 4 is 22.5 Å². The Morgan fingerprint density at radius 1 is 1.23 bits per heavy atom. The second-order valence-electron chi connectivity index (χ2n) is 7.89. The average molecular weight is 430 g/mol. The van der Waals surface area contributed by atoms with Crippen LogP contribution in [-0.4, -0.2) is 67.4 Å². The van der Waals surface area contributed by atoms with Gasteiger partial charge in [-0.05, 0) is 42.7 Å². The van der Waals surface area contributed by atoms with E-state index in [4.69, 9.17) is 9.84 Å². The van der Waals surface area contributed by atoms with Crippen molar-refractivity contribution in [3.05, 3.63) is 42.5 Å². The predicted molar refractivity (Wildman–Crippen MR) is 124 cm³/mol. The molecule has 2 amide bonds. The van der Waals surface area contributed by atoms with Gasteiger partial charge in [-0.15, -0.1) is 0 Å². The summed E-state index contributed by atoms with van der Waals surface area (Å²) >= 11 is 0. The molecule has 0 aromatic heterocycles. The molecule has 8 nitrogen and oxygen atoms in total. The van der Waals surface area contributed by atoms with Gasteiger partial charge < -0.3 is 20.5 Å². The molecule has 31 heavy (non-hydrogen) atoms. The SMILES string of the molecule is CCCN1C(C)CC(NCCOCCO)NC1NC(=O)Nc1ccc2ccccc2c1. The first-order chi connectivity index (χ1) is 15.1. The molecule has 8 heteroatoms. The zero-order chi connectivity index (χ0) is 22.1. The predicted octanol–water partition coefficient (Wildman–Crippen LogP) is 2.26. The third kappa shape index (κ3) is 6.88. The molecule has 170 valence electrons. The third-order valence-corrected chi connectivity index (χ3v) is 5.46. The number of urea groups is 1. The number of hydrogen-bond donors (Lipinski definition) is 5. The lowest BCUT2D eigenvalue weighted by Crippen LogP contribution is -2.69. The highest BCUT2D eigenvalue weighted by Crippen LogP contribution is 2.19. The van der Waals surface area contributed by atoms with E-state index in [1.165, 1.54) is 0 Å². The maximum Gasteiger partial charge on any atom is 0.321 e. The molecule has 1 heterocycles. The zero-order valence-electron chi connectivity index (χ0n) is 18.4. The van der Waals surface area contributed by atoms with Crippen LogP contribution in [0.5, 0.6) is 0 Å². The van der Waals surface area contributed by atoms with Crippen molar-refractivity contribution in [1.82, 2.24) is 20.9 Å². The fourth-order valence-corrected chi connectivity index (χ4v) is 3.99. The number of anilines is 1. The van der Waals surface area contributed by atoms with Crippen molar-refractivity contribution in [3.63, 3.8) is 0 Å². The molecule has 3 atom stereocenters. The van der Waals surface area contributed by atoms with Crippen LogP contribution in [-0.2, 0) is 4.74 Å². The van der Waals surface area contributed by atoms with Crippen LogP contribution in [0.25, 0.3) is 10.8 Å². The number of hydrogen-bond acceptors (Lipinski definition) is 6. The number of ether oxygens (including phenoxy) is 1.